The van der Waals surface area contributed by atoms with Gasteiger partial charge in [0, 0.05) is 38.7 Å². The van der Waals surface area contributed by atoms with Crippen molar-refractivity contribution in [2.75, 3.05) is 13.2 Å². The molecule has 6 atom stereocenters. The number of fused-ring (bicyclic) bond motifs is 1. The van der Waals surface area contributed by atoms with E-state index in [1.54, 1.807) is 13.0 Å². The van der Waals surface area contributed by atoms with Crippen LogP contribution in [0.1, 0.15) is 61.3 Å². The van der Waals surface area contributed by atoms with Crippen LogP contribution in [0.5, 0.6) is 0 Å². The second kappa shape index (κ2) is 11.1. The highest BCUT2D eigenvalue weighted by Gasteiger charge is 2.65. The second-order valence-corrected chi connectivity index (χ2v) is 11.1. The van der Waals surface area contributed by atoms with Crippen molar-refractivity contribution in [1.29, 1.82) is 0 Å². The Morgan fingerprint density at radius 1 is 0.927 bits per heavy atom. The number of rotatable bonds is 8. The van der Waals surface area contributed by atoms with E-state index in [0.717, 1.165) is 31.9 Å². The first kappa shape index (κ1) is 30.6. The van der Waals surface area contributed by atoms with E-state index in [1.165, 1.54) is 6.92 Å². The highest BCUT2D eigenvalue weighted by atomic mass is 16.7. The highest BCUT2D eigenvalue weighted by Crippen LogP contribution is 2.65. The molecule has 1 N–H and O–H groups in total. The van der Waals surface area contributed by atoms with E-state index in [9.17, 15) is 29.1 Å². The molecule has 0 aromatic rings. The van der Waals surface area contributed by atoms with Crippen LogP contribution in [0.4, 0.5) is 0 Å². The molecule has 224 valence electrons. The average Bonchev–Trinajstić information content (AvgIpc) is 3.61. The molecular weight excluding hydrogens is 540 g/mol. The Morgan fingerprint density at radius 2 is 1.49 bits per heavy atom. The van der Waals surface area contributed by atoms with E-state index in [-0.39, 0.29) is 19.0 Å². The van der Waals surface area contributed by atoms with Gasteiger partial charge in [-0.25, -0.2) is 0 Å². The molecule has 12 nitrogen and oxygen atoms in total. The van der Waals surface area contributed by atoms with Crippen LogP contribution in [-0.4, -0.2) is 84.3 Å². The van der Waals surface area contributed by atoms with Crippen molar-refractivity contribution in [3.05, 3.63) is 33.9 Å². The lowest BCUT2D eigenvalue weighted by atomic mass is 9.67. The summed E-state index contributed by atoms with van der Waals surface area (Å²) in [6.45, 7) is 9.43. The molecule has 0 bridgehead atoms. The van der Waals surface area contributed by atoms with Gasteiger partial charge in [0.25, 0.3) is 0 Å². The van der Waals surface area contributed by atoms with Gasteiger partial charge in [0.1, 0.15) is 18.3 Å². The van der Waals surface area contributed by atoms with Crippen LogP contribution < -0.4 is 0 Å². The molecule has 3 aliphatic carbocycles. The molecule has 1 heterocycles. The summed E-state index contributed by atoms with van der Waals surface area (Å²) in [7, 11) is 0. The SMILES string of the molecule is CC(=O)OC[C@@H]1O[C@@H](OCC2=C(C)C=C3C(=O)[C@](C)(O)C4(CC4)C(C)=C32)[C@@H](OC(C)=O)[C@H](OC(C)=O)[C@H]1OC(C)=O. The van der Waals surface area contributed by atoms with Crippen molar-refractivity contribution in [3.8, 4) is 0 Å². The molecule has 0 unspecified atom stereocenters. The van der Waals surface area contributed by atoms with E-state index >= 15 is 0 Å². The Labute approximate surface area is 237 Å². The first-order valence-electron chi connectivity index (χ1n) is 13.4. The molecule has 0 radical (unpaired) electrons. The smallest absolute Gasteiger partial charge is 0.303 e. The predicted molar refractivity (Wildman–Crippen MR) is 139 cm³/mol. The minimum absolute atomic E-state index is 0.0995. The fraction of sp³-hybridized carbons (Fsp3) is 0.621. The van der Waals surface area contributed by atoms with Crippen LogP contribution in [0.2, 0.25) is 0 Å². The molecule has 0 aromatic carbocycles. The van der Waals surface area contributed by atoms with Gasteiger partial charge < -0.3 is 33.5 Å². The second-order valence-electron chi connectivity index (χ2n) is 11.1. The Morgan fingerprint density at radius 3 is 2.02 bits per heavy atom. The molecule has 0 amide bonds. The Kier molecular flexibility index (Phi) is 8.32. The van der Waals surface area contributed by atoms with Crippen molar-refractivity contribution < 1.29 is 57.5 Å². The van der Waals surface area contributed by atoms with Gasteiger partial charge in [0.15, 0.2) is 30.4 Å². The Balaban J connectivity index is 1.67. The summed E-state index contributed by atoms with van der Waals surface area (Å²) in [5.41, 5.74) is 1.31. The molecule has 0 aromatic heterocycles. The molecule has 2 fully saturated rings. The van der Waals surface area contributed by atoms with Crippen LogP contribution in [-0.2, 0) is 52.4 Å². The van der Waals surface area contributed by atoms with Gasteiger partial charge >= 0.3 is 23.9 Å². The summed E-state index contributed by atoms with van der Waals surface area (Å²) in [6.07, 6.45) is -3.41. The van der Waals surface area contributed by atoms with E-state index in [4.69, 9.17) is 28.4 Å². The Bertz CT molecular complexity index is 1260. The van der Waals surface area contributed by atoms with Crippen LogP contribution in [0.3, 0.4) is 0 Å². The Hall–Kier alpha value is -3.35. The summed E-state index contributed by atoms with van der Waals surface area (Å²) in [4.78, 5) is 61.0. The summed E-state index contributed by atoms with van der Waals surface area (Å²) < 4.78 is 33.6. The van der Waals surface area contributed by atoms with E-state index < -0.39 is 65.6 Å². The van der Waals surface area contributed by atoms with Crippen LogP contribution >= 0.6 is 0 Å². The largest absolute Gasteiger partial charge is 0.463 e. The van der Waals surface area contributed by atoms with Crippen LogP contribution in [0.25, 0.3) is 0 Å². The number of hydrogen-bond donors (Lipinski definition) is 1. The quantitative estimate of drug-likeness (QED) is 0.330. The van der Waals surface area contributed by atoms with Crippen LogP contribution in [0, 0.1) is 5.41 Å². The lowest BCUT2D eigenvalue weighted by Crippen LogP contribution is -2.63. The number of allylic oxidation sites excluding steroid dienone is 2. The summed E-state index contributed by atoms with van der Waals surface area (Å²) >= 11 is 0. The van der Waals surface area contributed by atoms with Crippen molar-refractivity contribution in [2.24, 2.45) is 5.41 Å². The number of ketones is 1. The molecule has 4 rings (SSSR count). The summed E-state index contributed by atoms with van der Waals surface area (Å²) in [5, 5.41) is 11.1. The van der Waals surface area contributed by atoms with Gasteiger partial charge in [-0.2, -0.15) is 0 Å². The molecular formula is C29H36O12. The van der Waals surface area contributed by atoms with Gasteiger partial charge in [-0.3, -0.25) is 24.0 Å². The van der Waals surface area contributed by atoms with Gasteiger partial charge in [-0.15, -0.1) is 0 Å². The maximum absolute atomic E-state index is 13.3. The highest BCUT2D eigenvalue weighted by molar-refractivity contribution is 6.10. The van der Waals surface area contributed by atoms with Gasteiger partial charge in [0.05, 0.1) is 6.61 Å². The zero-order chi connectivity index (χ0) is 30.4. The molecule has 12 heteroatoms. The molecule has 1 aliphatic heterocycles. The topological polar surface area (TPSA) is 161 Å². The normalized spacial score (nSPS) is 31.9. The van der Waals surface area contributed by atoms with Crippen molar-refractivity contribution in [1.82, 2.24) is 0 Å². The van der Waals surface area contributed by atoms with Crippen molar-refractivity contribution in [2.45, 2.75) is 97.6 Å². The number of carbonyl (C=O) groups excluding carboxylic acids is 5. The van der Waals surface area contributed by atoms with E-state index in [2.05, 4.69) is 0 Å². The number of carbonyl (C=O) groups is 5. The average molecular weight is 577 g/mol. The molecule has 1 saturated heterocycles. The lowest BCUT2D eigenvalue weighted by Gasteiger charge is -2.44. The number of ether oxygens (including phenoxy) is 6. The third kappa shape index (κ3) is 5.60. The molecule has 4 aliphatic rings. The fourth-order valence-corrected chi connectivity index (χ4v) is 6.09. The predicted octanol–water partition coefficient (Wildman–Crippen LogP) is 1.77. The maximum Gasteiger partial charge on any atom is 0.303 e. The number of aliphatic hydroxyl groups is 1. The monoisotopic (exact) mass is 576 g/mol. The minimum Gasteiger partial charge on any atom is -0.463 e. The third-order valence-electron chi connectivity index (χ3n) is 8.21. The van der Waals surface area contributed by atoms with E-state index in [1.807, 2.05) is 13.8 Å². The summed E-state index contributed by atoms with van der Waals surface area (Å²) in [6, 6.07) is 0. The minimum atomic E-state index is -1.51. The maximum atomic E-state index is 13.3. The number of esters is 4. The number of hydrogen-bond acceptors (Lipinski definition) is 12. The fourth-order valence-electron chi connectivity index (χ4n) is 6.09. The first-order chi connectivity index (χ1) is 19.1. The van der Waals surface area contributed by atoms with Gasteiger partial charge in [-0.05, 0) is 56.4 Å². The molecule has 1 spiro atoms. The first-order valence-corrected chi connectivity index (χ1v) is 13.4. The van der Waals surface area contributed by atoms with Gasteiger partial charge in [0.2, 0.25) is 0 Å². The van der Waals surface area contributed by atoms with Crippen molar-refractivity contribution in [3.63, 3.8) is 0 Å². The molecule has 1 saturated carbocycles. The molecule has 41 heavy (non-hydrogen) atoms. The van der Waals surface area contributed by atoms with Crippen LogP contribution in [0.15, 0.2) is 33.9 Å². The van der Waals surface area contributed by atoms with Crippen molar-refractivity contribution >= 4 is 29.7 Å². The zero-order valence-electron chi connectivity index (χ0n) is 24.2. The number of Topliss-reactive ketones (excluding diaryl/α,β-unsaturated/α-hetero) is 1. The third-order valence-corrected chi connectivity index (χ3v) is 8.21. The standard InChI is InChI=1S/C29H36O12/c1-13-10-19-22(14(2)29(8-9-29)28(7,35)26(19)34)20(13)11-37-27-25(40-18(6)33)24(39-17(5)32)23(38-16(4)31)21(41-27)12-36-15(3)30/h10,21,23-25,27,35H,8-9,11-12H2,1-7H3/t21-,23-,24+,25-,27+,28-/m0/s1. The van der Waals surface area contributed by atoms with Gasteiger partial charge in [-0.1, -0.05) is 5.57 Å². The lowest BCUT2D eigenvalue weighted by molar-refractivity contribution is -0.306. The zero-order valence-corrected chi connectivity index (χ0v) is 24.2. The van der Waals surface area contributed by atoms with E-state index in [0.29, 0.717) is 29.6 Å². The summed E-state index contributed by atoms with van der Waals surface area (Å²) in [5.74, 6) is -3.19.